The van der Waals surface area contributed by atoms with Crippen LogP contribution < -0.4 is 0 Å². The Balaban J connectivity index is 0.00000242. The Morgan fingerprint density at radius 2 is 0.682 bits per heavy atom. The van der Waals surface area contributed by atoms with Crippen molar-refractivity contribution in [2.24, 2.45) is 0 Å². The summed E-state index contributed by atoms with van der Waals surface area (Å²) >= 11 is 0. The van der Waals surface area contributed by atoms with Crippen LogP contribution >= 0.6 is 0 Å². The van der Waals surface area contributed by atoms with Gasteiger partial charge in [-0.2, -0.15) is 0 Å². The van der Waals surface area contributed by atoms with Crippen LogP contribution in [-0.4, -0.2) is 0 Å². The third kappa shape index (κ3) is 2.56. The first-order valence-corrected chi connectivity index (χ1v) is 4.95. The molecule has 0 saturated heterocycles. The van der Waals surface area contributed by atoms with Crippen LogP contribution in [0.1, 0.15) is 0 Å². The van der Waals surface area contributed by atoms with Crippen molar-refractivity contribution in [3.05, 3.63) is 58.4 Å². The van der Waals surface area contributed by atoms with Crippen molar-refractivity contribution in [1.82, 2.24) is 0 Å². The number of benzene rings is 2. The first-order chi connectivity index (χ1) is 9.68. The SMILES string of the molecule is Fc1[c-]c(F)c(F)c(-c2c(F)c(F)c(F)c(F)c2F)c1F.[Cu+]. The third-order valence-corrected chi connectivity index (χ3v) is 2.50. The summed E-state index contributed by atoms with van der Waals surface area (Å²) in [6.07, 6.45) is 0. The molecule has 22 heavy (non-hydrogen) atoms. The summed E-state index contributed by atoms with van der Waals surface area (Å²) in [5, 5.41) is 0. The van der Waals surface area contributed by atoms with Gasteiger partial charge in [-0.25, -0.2) is 30.7 Å². The largest absolute Gasteiger partial charge is 1.00 e. The van der Waals surface area contributed by atoms with Crippen LogP contribution in [0.4, 0.5) is 39.5 Å². The van der Waals surface area contributed by atoms with Crippen molar-refractivity contribution in [2.75, 3.05) is 0 Å². The van der Waals surface area contributed by atoms with Gasteiger partial charge in [-0.05, 0) is 5.56 Å². The van der Waals surface area contributed by atoms with Crippen LogP contribution in [0.3, 0.4) is 0 Å². The molecule has 0 aliphatic rings. The second-order valence-electron chi connectivity index (χ2n) is 3.70. The molecule has 0 radical (unpaired) electrons. The van der Waals surface area contributed by atoms with Crippen molar-refractivity contribution >= 4 is 0 Å². The Morgan fingerprint density at radius 1 is 0.409 bits per heavy atom. The van der Waals surface area contributed by atoms with Crippen LogP contribution in [0.15, 0.2) is 0 Å². The van der Waals surface area contributed by atoms with Crippen molar-refractivity contribution in [1.29, 1.82) is 0 Å². The first kappa shape index (κ1) is 18.4. The van der Waals surface area contributed by atoms with E-state index in [4.69, 9.17) is 0 Å². The van der Waals surface area contributed by atoms with Crippen molar-refractivity contribution in [3.8, 4) is 11.1 Å². The summed E-state index contributed by atoms with van der Waals surface area (Å²) in [6.45, 7) is 0. The molecule has 2 aromatic carbocycles. The minimum absolute atomic E-state index is 0. The van der Waals surface area contributed by atoms with E-state index in [1.807, 2.05) is 0 Å². The summed E-state index contributed by atoms with van der Waals surface area (Å²) in [7, 11) is 0. The Labute approximate surface area is 127 Å². The molecule has 2 rings (SSSR count). The Morgan fingerprint density at radius 3 is 1.05 bits per heavy atom. The van der Waals surface area contributed by atoms with Crippen molar-refractivity contribution in [3.63, 3.8) is 0 Å². The van der Waals surface area contributed by atoms with E-state index in [2.05, 4.69) is 0 Å². The van der Waals surface area contributed by atoms with Gasteiger partial charge in [0.2, 0.25) is 5.82 Å². The van der Waals surface area contributed by atoms with Gasteiger partial charge in [-0.1, -0.05) is 0 Å². The molecule has 0 heterocycles. The quantitative estimate of drug-likeness (QED) is 0.227. The van der Waals surface area contributed by atoms with Gasteiger partial charge < -0.3 is 0 Å². The minimum Gasteiger partial charge on any atom is -0.281 e. The van der Waals surface area contributed by atoms with Crippen LogP contribution in [0.2, 0.25) is 0 Å². The number of halogens is 9. The standard InChI is InChI=1S/C12F9.Cu/c13-2-1-3(14)7(16)4(6(2)15)5-8(17)10(19)12(21)11(20)9(5)18;/q-1;+1. The van der Waals surface area contributed by atoms with Gasteiger partial charge in [0.05, 0.1) is 11.6 Å². The normalized spacial score (nSPS) is 10.6. The molecule has 0 spiro atoms. The van der Waals surface area contributed by atoms with Crippen LogP contribution in [0.25, 0.3) is 11.1 Å². The predicted molar refractivity (Wildman–Crippen MR) is 50.3 cm³/mol. The van der Waals surface area contributed by atoms with Gasteiger partial charge in [-0.15, -0.1) is 6.07 Å². The zero-order valence-electron chi connectivity index (χ0n) is 9.70. The molecule has 0 aliphatic heterocycles. The van der Waals surface area contributed by atoms with Crippen LogP contribution in [0.5, 0.6) is 0 Å². The monoisotopic (exact) mass is 378 g/mol. The maximum absolute atomic E-state index is 13.4. The van der Waals surface area contributed by atoms with Crippen LogP contribution in [0, 0.1) is 58.4 Å². The Kier molecular flexibility index (Phi) is 5.19. The molecule has 0 fully saturated rings. The topological polar surface area (TPSA) is 0 Å². The molecule has 0 bridgehead atoms. The molecule has 0 unspecified atom stereocenters. The maximum Gasteiger partial charge on any atom is 1.00 e. The third-order valence-electron chi connectivity index (χ3n) is 2.50. The van der Waals surface area contributed by atoms with E-state index in [0.29, 0.717) is 0 Å². The average Bonchev–Trinajstić information content (AvgIpc) is 2.44. The molecule has 0 aromatic heterocycles. The summed E-state index contributed by atoms with van der Waals surface area (Å²) in [5.74, 6) is -22.0. The Bertz CT molecular complexity index is 702. The summed E-state index contributed by atoms with van der Waals surface area (Å²) < 4.78 is 118. The average molecular weight is 379 g/mol. The number of hydrogen-bond donors (Lipinski definition) is 0. The van der Waals surface area contributed by atoms with Gasteiger partial charge in [0.25, 0.3) is 0 Å². The molecule has 0 N–H and O–H groups in total. The molecule has 0 atom stereocenters. The van der Waals surface area contributed by atoms with Gasteiger partial charge in [0.1, 0.15) is 0 Å². The van der Waals surface area contributed by atoms with Gasteiger partial charge in [0, 0.05) is 17.2 Å². The van der Waals surface area contributed by atoms with E-state index in [0.717, 1.165) is 6.07 Å². The molecule has 0 nitrogen and oxygen atoms in total. The number of rotatable bonds is 1. The molecule has 122 valence electrons. The zero-order chi connectivity index (χ0) is 16.1. The second kappa shape index (κ2) is 6.21. The van der Waals surface area contributed by atoms with Crippen molar-refractivity contribution in [2.45, 2.75) is 0 Å². The molecular weight excluding hydrogens is 379 g/mol. The van der Waals surface area contributed by atoms with E-state index < -0.39 is 63.5 Å². The van der Waals surface area contributed by atoms with E-state index in [1.54, 1.807) is 0 Å². The van der Waals surface area contributed by atoms with E-state index in [-0.39, 0.29) is 17.1 Å². The smallest absolute Gasteiger partial charge is 0.281 e. The zero-order valence-corrected chi connectivity index (χ0v) is 10.6. The predicted octanol–water partition coefficient (Wildman–Crippen LogP) is 4.40. The molecule has 10 heteroatoms. The first-order valence-electron chi connectivity index (χ1n) is 4.95. The molecule has 0 amide bonds. The minimum atomic E-state index is -2.60. The molecule has 0 aliphatic carbocycles. The van der Waals surface area contributed by atoms with Crippen molar-refractivity contribution < 1.29 is 56.6 Å². The summed E-state index contributed by atoms with van der Waals surface area (Å²) in [4.78, 5) is 0. The van der Waals surface area contributed by atoms with Crippen LogP contribution in [-0.2, 0) is 17.1 Å². The van der Waals surface area contributed by atoms with Gasteiger partial charge in [0.15, 0.2) is 23.3 Å². The fraction of sp³-hybridized carbons (Fsp3) is 0. The van der Waals surface area contributed by atoms with E-state index >= 15 is 0 Å². The second-order valence-corrected chi connectivity index (χ2v) is 3.70. The van der Waals surface area contributed by atoms with E-state index in [1.165, 1.54) is 0 Å². The maximum atomic E-state index is 13.4. The van der Waals surface area contributed by atoms with Gasteiger partial charge in [-0.3, -0.25) is 8.78 Å². The summed E-state index contributed by atoms with van der Waals surface area (Å²) in [6, 6.07) is 0.907. The van der Waals surface area contributed by atoms with Gasteiger partial charge >= 0.3 is 17.1 Å². The molecular formula is C12CuF9. The molecule has 2 aromatic rings. The fourth-order valence-corrected chi connectivity index (χ4v) is 1.57. The summed E-state index contributed by atoms with van der Waals surface area (Å²) in [5.41, 5.74) is -4.18. The fourth-order valence-electron chi connectivity index (χ4n) is 1.57. The Hall–Kier alpha value is -1.67. The number of hydrogen-bond acceptors (Lipinski definition) is 0. The van der Waals surface area contributed by atoms with E-state index in [9.17, 15) is 39.5 Å². The molecule has 0 saturated carbocycles.